The highest BCUT2D eigenvalue weighted by atomic mass is 28.2. The molecule has 0 spiro atoms. The fraction of sp³-hybridized carbons (Fsp3) is 0.750. The topological polar surface area (TPSA) is 173 Å². The van der Waals surface area contributed by atoms with E-state index >= 15 is 0 Å². The van der Waals surface area contributed by atoms with E-state index in [0.29, 0.717) is 13.1 Å². The molecular weight excluding hydrogens is 312 g/mol. The Morgan fingerprint density at radius 3 is 1.27 bits per heavy atom. The van der Waals surface area contributed by atoms with Gasteiger partial charge in [-0.15, -0.1) is 0 Å². The van der Waals surface area contributed by atoms with Crippen LogP contribution in [0.5, 0.6) is 0 Å². The highest BCUT2D eigenvalue weighted by molar-refractivity contribution is 6.27. The van der Waals surface area contributed by atoms with Crippen LogP contribution in [0.4, 0.5) is 0 Å². The average Bonchev–Trinajstić information content (AvgIpc) is 2.39. The van der Waals surface area contributed by atoms with Crippen LogP contribution in [0.15, 0.2) is 0 Å². The number of hydrogen-bond donors (Lipinski definition) is 5. The second kappa shape index (κ2) is 27.8. The minimum Gasteiger partial charge on any atom is -0.481 e. The summed E-state index contributed by atoms with van der Waals surface area (Å²) in [5.74, 6) is -2.50. The van der Waals surface area contributed by atoms with Gasteiger partial charge in [-0.25, -0.2) is 0 Å². The standard InChI is InChI=1S/C4H10OSi.C2H8N2.3C2H4O2/c1-2-4-6-5-3-1;3-1-2-4;3*1-2(3)4/h1-4,6H2;1-4H2;3*1H3,(H,3,4). The highest BCUT2D eigenvalue weighted by Crippen LogP contribution is 2.01. The maximum absolute atomic E-state index is 9.00. The lowest BCUT2D eigenvalue weighted by Crippen LogP contribution is -2.11. The second-order valence-electron chi connectivity index (χ2n) is 3.81. The maximum atomic E-state index is 9.00. The molecule has 10 heteroatoms. The molecule has 0 aromatic rings. The number of aliphatic carboxylic acids is 3. The third-order valence-corrected chi connectivity index (χ3v) is 2.61. The van der Waals surface area contributed by atoms with Crippen molar-refractivity contribution in [2.24, 2.45) is 11.5 Å². The summed E-state index contributed by atoms with van der Waals surface area (Å²) in [6.07, 6.45) is 2.75. The van der Waals surface area contributed by atoms with Crippen molar-refractivity contribution in [1.29, 1.82) is 0 Å². The summed E-state index contributed by atoms with van der Waals surface area (Å²) in [7, 11) is 0.00849. The number of rotatable bonds is 1. The van der Waals surface area contributed by atoms with Crippen molar-refractivity contribution in [2.45, 2.75) is 39.7 Å². The number of nitrogens with two attached hydrogens (primary N) is 2. The smallest absolute Gasteiger partial charge is 0.300 e. The van der Waals surface area contributed by atoms with Crippen LogP contribution < -0.4 is 11.5 Å². The molecule has 0 saturated carbocycles. The summed E-state index contributed by atoms with van der Waals surface area (Å²) < 4.78 is 5.21. The highest BCUT2D eigenvalue weighted by Gasteiger charge is 1.96. The van der Waals surface area contributed by atoms with Crippen molar-refractivity contribution in [2.75, 3.05) is 19.7 Å². The molecule has 0 aromatic heterocycles. The van der Waals surface area contributed by atoms with E-state index in [2.05, 4.69) is 0 Å². The molecule has 1 saturated heterocycles. The molecule has 0 radical (unpaired) electrons. The molecule has 7 N–H and O–H groups in total. The summed E-state index contributed by atoms with van der Waals surface area (Å²) in [6, 6.07) is 1.42. The summed E-state index contributed by atoms with van der Waals surface area (Å²) in [4.78, 5) is 27.0. The molecule has 1 rings (SSSR count). The third kappa shape index (κ3) is 187. The Labute approximate surface area is 133 Å². The third-order valence-electron chi connectivity index (χ3n) is 1.24. The molecule has 0 aliphatic carbocycles. The Kier molecular flexibility index (Phi) is 36.2. The first kappa shape index (κ1) is 28.6. The van der Waals surface area contributed by atoms with Crippen molar-refractivity contribution >= 4 is 27.7 Å². The van der Waals surface area contributed by atoms with E-state index in [1.807, 2.05) is 0 Å². The summed E-state index contributed by atoms with van der Waals surface area (Å²) >= 11 is 0. The van der Waals surface area contributed by atoms with Crippen LogP contribution in [-0.4, -0.2) is 62.7 Å². The van der Waals surface area contributed by atoms with Gasteiger partial charge < -0.3 is 31.2 Å². The molecule has 1 aliphatic rings. The molecule has 0 amide bonds. The minimum atomic E-state index is -0.833. The number of carbonyl (C=O) groups is 3. The van der Waals surface area contributed by atoms with E-state index in [9.17, 15) is 0 Å². The van der Waals surface area contributed by atoms with E-state index in [4.69, 9.17) is 45.6 Å². The first-order valence-corrected chi connectivity index (χ1v) is 8.25. The van der Waals surface area contributed by atoms with Crippen molar-refractivity contribution in [3.63, 3.8) is 0 Å². The van der Waals surface area contributed by atoms with Gasteiger partial charge in [0.15, 0.2) is 9.76 Å². The van der Waals surface area contributed by atoms with Gasteiger partial charge >= 0.3 is 0 Å². The predicted octanol–water partition coefficient (Wildman–Crippen LogP) is -0.525. The molecule has 1 heterocycles. The Hall–Kier alpha value is -1.49. The first-order valence-electron chi connectivity index (χ1n) is 6.68. The summed E-state index contributed by atoms with van der Waals surface area (Å²) in [5, 5.41) is 22.2. The van der Waals surface area contributed by atoms with Gasteiger partial charge in [0, 0.05) is 40.5 Å². The maximum Gasteiger partial charge on any atom is 0.300 e. The van der Waals surface area contributed by atoms with Crippen molar-refractivity contribution in [1.82, 2.24) is 0 Å². The van der Waals surface area contributed by atoms with Crippen LogP contribution in [0.3, 0.4) is 0 Å². The molecule has 134 valence electrons. The van der Waals surface area contributed by atoms with Crippen LogP contribution in [0, 0.1) is 0 Å². The molecular formula is C12H30N2O7Si. The Morgan fingerprint density at radius 2 is 1.23 bits per heavy atom. The van der Waals surface area contributed by atoms with E-state index < -0.39 is 17.9 Å². The second-order valence-corrected chi connectivity index (χ2v) is 5.33. The van der Waals surface area contributed by atoms with E-state index in [1.165, 1.54) is 18.9 Å². The van der Waals surface area contributed by atoms with Gasteiger partial charge in [0.2, 0.25) is 0 Å². The molecule has 1 aliphatic heterocycles. The lowest BCUT2D eigenvalue weighted by atomic mass is 10.4. The molecule has 9 nitrogen and oxygen atoms in total. The minimum absolute atomic E-state index is 0.00849. The molecule has 0 atom stereocenters. The van der Waals surface area contributed by atoms with Gasteiger partial charge in [0.1, 0.15) is 0 Å². The van der Waals surface area contributed by atoms with E-state index in [1.54, 1.807) is 0 Å². The van der Waals surface area contributed by atoms with Gasteiger partial charge in [-0.1, -0.05) is 6.42 Å². The van der Waals surface area contributed by atoms with Crippen molar-refractivity contribution in [3.05, 3.63) is 0 Å². The largest absolute Gasteiger partial charge is 0.481 e. The zero-order valence-electron chi connectivity index (χ0n) is 13.6. The van der Waals surface area contributed by atoms with Crippen LogP contribution in [0.25, 0.3) is 0 Å². The Morgan fingerprint density at radius 1 is 0.909 bits per heavy atom. The van der Waals surface area contributed by atoms with Crippen LogP contribution in [0.2, 0.25) is 6.04 Å². The molecule has 22 heavy (non-hydrogen) atoms. The fourth-order valence-electron chi connectivity index (χ4n) is 0.687. The van der Waals surface area contributed by atoms with Gasteiger partial charge in [0.05, 0.1) is 0 Å². The van der Waals surface area contributed by atoms with Crippen molar-refractivity contribution < 1.29 is 34.1 Å². The molecule has 0 unspecified atom stereocenters. The average molecular weight is 342 g/mol. The molecule has 1 fully saturated rings. The summed E-state index contributed by atoms with van der Waals surface area (Å²) in [6.45, 7) is 5.51. The Bertz CT molecular complexity index is 208. The van der Waals surface area contributed by atoms with Gasteiger partial charge in [-0.05, 0) is 12.5 Å². The summed E-state index contributed by atoms with van der Waals surface area (Å²) in [5.41, 5.74) is 9.81. The number of carboxylic acids is 3. The fourth-order valence-corrected chi connectivity index (χ4v) is 1.86. The SMILES string of the molecule is C1CC[SiH2]OC1.CC(=O)O.CC(=O)O.CC(=O)O.NCCN. The van der Waals surface area contributed by atoms with Crippen LogP contribution in [-0.2, 0) is 18.8 Å². The van der Waals surface area contributed by atoms with Crippen LogP contribution in [0.1, 0.15) is 33.6 Å². The number of hydrogen-bond acceptors (Lipinski definition) is 6. The van der Waals surface area contributed by atoms with Gasteiger partial charge in [0.25, 0.3) is 17.9 Å². The predicted molar refractivity (Wildman–Crippen MR) is 86.6 cm³/mol. The van der Waals surface area contributed by atoms with E-state index in [-0.39, 0.29) is 9.76 Å². The van der Waals surface area contributed by atoms with Crippen LogP contribution >= 0.6 is 0 Å². The lowest BCUT2D eigenvalue weighted by Gasteiger charge is -2.07. The monoisotopic (exact) mass is 342 g/mol. The molecule has 0 aromatic carbocycles. The first-order chi connectivity index (χ1) is 10.1. The van der Waals surface area contributed by atoms with Gasteiger partial charge in [-0.2, -0.15) is 0 Å². The number of carboxylic acid groups (broad SMARTS) is 3. The zero-order valence-corrected chi connectivity index (χ0v) is 15.0. The van der Waals surface area contributed by atoms with Crippen molar-refractivity contribution in [3.8, 4) is 0 Å². The Balaban J connectivity index is -0.0000000937. The quantitative estimate of drug-likeness (QED) is 0.392. The van der Waals surface area contributed by atoms with E-state index in [0.717, 1.165) is 27.4 Å². The molecule has 0 bridgehead atoms. The normalized spacial score (nSPS) is 12.4. The lowest BCUT2D eigenvalue weighted by molar-refractivity contribution is -0.135. The zero-order chi connectivity index (χ0) is 18.4. The van der Waals surface area contributed by atoms with Gasteiger partial charge in [-0.3, -0.25) is 14.4 Å².